The first kappa shape index (κ1) is 7.15. The molecule has 0 aliphatic heterocycles. The predicted octanol–water partition coefficient (Wildman–Crippen LogP) is 0.861. The lowest BCUT2D eigenvalue weighted by atomic mass is 10.2. The zero-order valence-electron chi connectivity index (χ0n) is 5.39. The van der Waals surface area contributed by atoms with Gasteiger partial charge in [0, 0.05) is 6.20 Å². The van der Waals surface area contributed by atoms with Crippen LogP contribution in [0.25, 0.3) is 0 Å². The van der Waals surface area contributed by atoms with Crippen LogP contribution in [-0.4, -0.2) is 9.91 Å². The Balaban J connectivity index is 3.26. The van der Waals surface area contributed by atoms with Crippen LogP contribution in [0.5, 0.6) is 0 Å². The summed E-state index contributed by atoms with van der Waals surface area (Å²) in [5, 5.41) is 18.6. The first-order chi connectivity index (χ1) is 5.25. The summed E-state index contributed by atoms with van der Waals surface area (Å²) in [7, 11) is 0. The Morgan fingerprint density at radius 2 is 2.45 bits per heavy atom. The molecular weight excluding hydrogens is 146 g/mol. The van der Waals surface area contributed by atoms with Crippen LogP contribution in [-0.2, 0) is 0 Å². The highest BCUT2D eigenvalue weighted by Crippen LogP contribution is 2.13. The summed E-state index contributed by atoms with van der Waals surface area (Å²) in [5.74, 6) is 0. The highest BCUT2D eigenvalue weighted by atomic mass is 16.6. The molecule has 54 valence electrons. The quantitative estimate of drug-likeness (QED) is 0.438. The SMILES string of the molecule is N#Cc1ccncc1[N+](=O)[O-]. The molecule has 0 unspecified atom stereocenters. The maximum atomic E-state index is 10.2. The van der Waals surface area contributed by atoms with Crippen molar-refractivity contribution in [2.45, 2.75) is 0 Å². The summed E-state index contributed by atoms with van der Waals surface area (Å²) in [5.41, 5.74) is -0.222. The van der Waals surface area contributed by atoms with Crippen LogP contribution in [0, 0.1) is 21.4 Å². The number of hydrogen-bond acceptors (Lipinski definition) is 4. The van der Waals surface area contributed by atoms with Gasteiger partial charge in [0.05, 0.1) is 4.92 Å². The molecule has 0 radical (unpaired) electrons. The maximum Gasteiger partial charge on any atom is 0.305 e. The van der Waals surface area contributed by atoms with Crippen molar-refractivity contribution in [1.82, 2.24) is 4.98 Å². The highest BCUT2D eigenvalue weighted by molar-refractivity contribution is 5.45. The molecule has 0 atom stereocenters. The van der Waals surface area contributed by atoms with E-state index in [4.69, 9.17) is 5.26 Å². The molecule has 1 aromatic heterocycles. The van der Waals surface area contributed by atoms with Crippen LogP contribution in [0.2, 0.25) is 0 Å². The number of nitriles is 1. The van der Waals surface area contributed by atoms with Gasteiger partial charge >= 0.3 is 5.69 Å². The molecular formula is C6H3N3O2. The van der Waals surface area contributed by atoms with Gasteiger partial charge in [0.1, 0.15) is 17.8 Å². The normalized spacial score (nSPS) is 8.64. The second-order valence-corrected chi connectivity index (χ2v) is 1.76. The molecule has 1 rings (SSSR count). The van der Waals surface area contributed by atoms with E-state index in [9.17, 15) is 10.1 Å². The van der Waals surface area contributed by atoms with Crippen molar-refractivity contribution in [3.8, 4) is 6.07 Å². The van der Waals surface area contributed by atoms with Gasteiger partial charge in [0.25, 0.3) is 0 Å². The van der Waals surface area contributed by atoms with Gasteiger partial charge in [-0.15, -0.1) is 0 Å². The molecule has 0 N–H and O–H groups in total. The molecule has 0 aliphatic rings. The van der Waals surface area contributed by atoms with Gasteiger partial charge < -0.3 is 0 Å². The summed E-state index contributed by atoms with van der Waals surface area (Å²) >= 11 is 0. The molecule has 0 saturated carbocycles. The van der Waals surface area contributed by atoms with E-state index in [1.54, 1.807) is 6.07 Å². The number of nitrogens with zero attached hydrogens (tertiary/aromatic N) is 3. The molecule has 0 fully saturated rings. The van der Waals surface area contributed by atoms with Gasteiger partial charge in [-0.25, -0.2) is 0 Å². The van der Waals surface area contributed by atoms with E-state index in [0.717, 1.165) is 6.20 Å². The third-order valence-electron chi connectivity index (χ3n) is 1.12. The van der Waals surface area contributed by atoms with Crippen LogP contribution in [0.15, 0.2) is 18.5 Å². The lowest BCUT2D eigenvalue weighted by Gasteiger charge is -1.89. The van der Waals surface area contributed by atoms with Crippen molar-refractivity contribution in [3.05, 3.63) is 34.1 Å². The number of aromatic nitrogens is 1. The fourth-order valence-electron chi connectivity index (χ4n) is 0.626. The second kappa shape index (κ2) is 2.75. The first-order valence-electron chi connectivity index (χ1n) is 2.74. The second-order valence-electron chi connectivity index (χ2n) is 1.76. The summed E-state index contributed by atoms with van der Waals surface area (Å²) < 4.78 is 0. The smallest absolute Gasteiger partial charge is 0.258 e. The van der Waals surface area contributed by atoms with Crippen molar-refractivity contribution < 1.29 is 4.92 Å². The Morgan fingerprint density at radius 1 is 1.73 bits per heavy atom. The van der Waals surface area contributed by atoms with E-state index in [2.05, 4.69) is 4.98 Å². The largest absolute Gasteiger partial charge is 0.305 e. The minimum absolute atomic E-state index is 0.0324. The lowest BCUT2D eigenvalue weighted by molar-refractivity contribution is -0.385. The van der Waals surface area contributed by atoms with Gasteiger partial charge in [0.15, 0.2) is 0 Å². The van der Waals surface area contributed by atoms with Crippen molar-refractivity contribution in [3.63, 3.8) is 0 Å². The molecule has 0 saturated heterocycles. The van der Waals surface area contributed by atoms with Gasteiger partial charge in [0.2, 0.25) is 0 Å². The summed E-state index contributed by atoms with van der Waals surface area (Å²) in [6, 6.07) is 3.00. The van der Waals surface area contributed by atoms with Crippen LogP contribution in [0.3, 0.4) is 0 Å². The first-order valence-corrected chi connectivity index (χ1v) is 2.74. The zero-order chi connectivity index (χ0) is 8.27. The van der Waals surface area contributed by atoms with E-state index in [-0.39, 0.29) is 11.3 Å². The van der Waals surface area contributed by atoms with Crippen LogP contribution in [0.4, 0.5) is 5.69 Å². The minimum Gasteiger partial charge on any atom is -0.258 e. The fourth-order valence-corrected chi connectivity index (χ4v) is 0.626. The molecule has 5 nitrogen and oxygen atoms in total. The van der Waals surface area contributed by atoms with Crippen LogP contribution < -0.4 is 0 Å². The predicted molar refractivity (Wildman–Crippen MR) is 35.6 cm³/mol. The van der Waals surface area contributed by atoms with E-state index in [0.29, 0.717) is 0 Å². The molecule has 0 bridgehead atoms. The third kappa shape index (κ3) is 1.30. The summed E-state index contributed by atoms with van der Waals surface area (Å²) in [6.45, 7) is 0. The van der Waals surface area contributed by atoms with Gasteiger partial charge in [-0.1, -0.05) is 0 Å². The summed E-state index contributed by atoms with van der Waals surface area (Å²) in [4.78, 5) is 13.1. The van der Waals surface area contributed by atoms with Crippen molar-refractivity contribution >= 4 is 5.69 Å². The van der Waals surface area contributed by atoms with Crippen molar-refractivity contribution in [2.24, 2.45) is 0 Å². The molecule has 0 aliphatic carbocycles. The van der Waals surface area contributed by atoms with Crippen LogP contribution >= 0.6 is 0 Å². The third-order valence-corrected chi connectivity index (χ3v) is 1.12. The standard InChI is InChI=1S/C6H3N3O2/c7-3-5-1-2-8-4-6(5)9(10)11/h1-2,4H. The van der Waals surface area contributed by atoms with Crippen molar-refractivity contribution in [1.29, 1.82) is 5.26 Å². The number of rotatable bonds is 1. The molecule has 11 heavy (non-hydrogen) atoms. The van der Waals surface area contributed by atoms with Gasteiger partial charge in [-0.2, -0.15) is 5.26 Å². The van der Waals surface area contributed by atoms with E-state index >= 15 is 0 Å². The molecule has 0 aromatic carbocycles. The average Bonchev–Trinajstić information content (AvgIpc) is 2.04. The molecule has 0 spiro atoms. The fraction of sp³-hybridized carbons (Fsp3) is 0. The Labute approximate surface area is 62.1 Å². The topological polar surface area (TPSA) is 79.8 Å². The number of nitro groups is 1. The van der Waals surface area contributed by atoms with E-state index < -0.39 is 4.92 Å². The molecule has 5 heteroatoms. The van der Waals surface area contributed by atoms with Crippen molar-refractivity contribution in [2.75, 3.05) is 0 Å². The Morgan fingerprint density at radius 3 is 2.91 bits per heavy atom. The monoisotopic (exact) mass is 149 g/mol. The number of pyridine rings is 1. The Kier molecular flexibility index (Phi) is 1.79. The maximum absolute atomic E-state index is 10.2. The molecule has 1 heterocycles. The lowest BCUT2D eigenvalue weighted by Crippen LogP contribution is -1.92. The average molecular weight is 149 g/mol. The minimum atomic E-state index is -0.633. The molecule has 1 aromatic rings. The summed E-state index contributed by atoms with van der Waals surface area (Å²) in [6.07, 6.45) is 2.39. The Hall–Kier alpha value is -1.96. The van der Waals surface area contributed by atoms with Crippen LogP contribution in [0.1, 0.15) is 5.56 Å². The van der Waals surface area contributed by atoms with Gasteiger partial charge in [-0.3, -0.25) is 15.1 Å². The zero-order valence-corrected chi connectivity index (χ0v) is 5.39. The number of hydrogen-bond donors (Lipinski definition) is 0. The molecule has 0 amide bonds. The Bertz CT molecular complexity index is 329. The highest BCUT2D eigenvalue weighted by Gasteiger charge is 2.11. The van der Waals surface area contributed by atoms with Gasteiger partial charge in [-0.05, 0) is 6.07 Å². The van der Waals surface area contributed by atoms with E-state index in [1.807, 2.05) is 0 Å². The van der Waals surface area contributed by atoms with E-state index in [1.165, 1.54) is 12.3 Å².